The van der Waals surface area contributed by atoms with Crippen molar-refractivity contribution in [3.63, 3.8) is 0 Å². The van der Waals surface area contributed by atoms with Crippen molar-refractivity contribution in [1.29, 1.82) is 0 Å². The van der Waals surface area contributed by atoms with Gasteiger partial charge in [-0.05, 0) is 71.4 Å². The van der Waals surface area contributed by atoms with E-state index in [4.69, 9.17) is 0 Å². The largest absolute Gasteiger partial charge is 0.322 e. The second-order valence-electron chi connectivity index (χ2n) is 11.2. The van der Waals surface area contributed by atoms with Crippen LogP contribution in [0.15, 0.2) is 117 Å². The van der Waals surface area contributed by atoms with Crippen LogP contribution in [0.5, 0.6) is 0 Å². The Morgan fingerprint density at radius 2 is 0.769 bits per heavy atom. The molecule has 6 aromatic rings. The standard InChI is InChI=1S/C32H22N2O14S4/c35-31(33-21-13-25-23(29(15-21)51(43,44)45)3-1-5-27(25)49(37,38)39)18-9-7-17-8-10-19(12-20(17)11-18)32(36)34-22-14-26-24(30(16-22)52(46,47)48)4-2-6-28(26)50(40,41)42/h1-16H,(H,33,35)(H,34,36)(H,37,38,39)(H,40,41,42)(H,43,44,45)(H,46,47,48). The van der Waals surface area contributed by atoms with Gasteiger partial charge in [0.2, 0.25) is 0 Å². The van der Waals surface area contributed by atoms with Crippen LogP contribution >= 0.6 is 0 Å². The maximum atomic E-state index is 13.3. The predicted molar refractivity (Wildman–Crippen MR) is 187 cm³/mol. The van der Waals surface area contributed by atoms with Crippen molar-refractivity contribution in [1.82, 2.24) is 0 Å². The van der Waals surface area contributed by atoms with Gasteiger partial charge in [-0.15, -0.1) is 0 Å². The van der Waals surface area contributed by atoms with E-state index in [1.165, 1.54) is 48.5 Å². The number of hydrogen-bond acceptors (Lipinski definition) is 10. The Bertz CT molecular complexity index is 2800. The number of hydrogen-bond donors (Lipinski definition) is 6. The van der Waals surface area contributed by atoms with Gasteiger partial charge in [0.05, 0.1) is 0 Å². The van der Waals surface area contributed by atoms with Crippen LogP contribution in [0.25, 0.3) is 32.3 Å². The van der Waals surface area contributed by atoms with E-state index in [-0.39, 0.29) is 44.0 Å². The van der Waals surface area contributed by atoms with Gasteiger partial charge in [0.25, 0.3) is 52.3 Å². The molecule has 52 heavy (non-hydrogen) atoms. The van der Waals surface area contributed by atoms with Gasteiger partial charge < -0.3 is 10.6 Å². The van der Waals surface area contributed by atoms with E-state index in [9.17, 15) is 61.5 Å². The van der Waals surface area contributed by atoms with Gasteiger partial charge in [0, 0.05) is 44.0 Å². The van der Waals surface area contributed by atoms with E-state index >= 15 is 0 Å². The van der Waals surface area contributed by atoms with Crippen molar-refractivity contribution in [2.75, 3.05) is 10.6 Å². The molecule has 0 aliphatic heterocycles. The van der Waals surface area contributed by atoms with Crippen LogP contribution in [0.2, 0.25) is 0 Å². The Balaban J connectivity index is 1.35. The summed E-state index contributed by atoms with van der Waals surface area (Å²) in [5, 5.41) is 4.61. The number of rotatable bonds is 8. The summed E-state index contributed by atoms with van der Waals surface area (Å²) < 4.78 is 136. The molecule has 0 bridgehead atoms. The normalized spacial score (nSPS) is 12.6. The Labute approximate surface area is 294 Å². The van der Waals surface area contributed by atoms with Crippen molar-refractivity contribution >= 4 is 96.0 Å². The zero-order valence-corrected chi connectivity index (χ0v) is 29.0. The van der Waals surface area contributed by atoms with E-state index in [0.717, 1.165) is 48.5 Å². The Kier molecular flexibility index (Phi) is 8.92. The molecule has 268 valence electrons. The van der Waals surface area contributed by atoms with E-state index in [0.29, 0.717) is 10.8 Å². The van der Waals surface area contributed by atoms with E-state index in [1.807, 2.05) is 0 Å². The van der Waals surface area contributed by atoms with Crippen LogP contribution in [0, 0.1) is 0 Å². The highest BCUT2D eigenvalue weighted by Crippen LogP contribution is 2.34. The minimum atomic E-state index is -4.95. The summed E-state index contributed by atoms with van der Waals surface area (Å²) in [7, 11) is -19.6. The molecule has 20 heteroatoms. The predicted octanol–water partition coefficient (Wildman–Crippen LogP) is 4.64. The minimum absolute atomic E-state index is 0.0216. The lowest BCUT2D eigenvalue weighted by Crippen LogP contribution is -2.14. The summed E-state index contributed by atoms with van der Waals surface area (Å²) in [4.78, 5) is 23.8. The highest BCUT2D eigenvalue weighted by atomic mass is 32.2. The van der Waals surface area contributed by atoms with Gasteiger partial charge in [0.1, 0.15) is 19.6 Å². The number of benzene rings is 6. The summed E-state index contributed by atoms with van der Waals surface area (Å²) >= 11 is 0. The van der Waals surface area contributed by atoms with Gasteiger partial charge in [-0.2, -0.15) is 33.7 Å². The fourth-order valence-corrected chi connectivity index (χ4v) is 8.46. The summed E-state index contributed by atoms with van der Waals surface area (Å²) in [6, 6.07) is 19.2. The molecule has 0 fully saturated rings. The van der Waals surface area contributed by atoms with Crippen molar-refractivity contribution in [2.45, 2.75) is 19.6 Å². The zero-order valence-electron chi connectivity index (χ0n) is 25.7. The number of carbonyl (C=O) groups excluding carboxylic acids is 2. The fourth-order valence-electron chi connectivity index (χ4n) is 5.60. The first-order valence-electron chi connectivity index (χ1n) is 14.3. The Morgan fingerprint density at radius 3 is 1.12 bits per heavy atom. The van der Waals surface area contributed by atoms with Gasteiger partial charge in [-0.3, -0.25) is 27.8 Å². The van der Waals surface area contributed by atoms with Gasteiger partial charge in [-0.25, -0.2) is 0 Å². The van der Waals surface area contributed by atoms with Gasteiger partial charge in [0.15, 0.2) is 0 Å². The van der Waals surface area contributed by atoms with Crippen LogP contribution in [0.3, 0.4) is 0 Å². The fraction of sp³-hybridized carbons (Fsp3) is 0. The molecule has 0 radical (unpaired) electrons. The highest BCUT2D eigenvalue weighted by molar-refractivity contribution is 7.87. The molecule has 6 aromatic carbocycles. The van der Waals surface area contributed by atoms with Crippen molar-refractivity contribution in [2.24, 2.45) is 0 Å². The Morgan fingerprint density at radius 1 is 0.404 bits per heavy atom. The molecule has 0 heterocycles. The summed E-state index contributed by atoms with van der Waals surface area (Å²) in [5.74, 6) is -1.66. The van der Waals surface area contributed by atoms with Crippen LogP contribution in [-0.2, 0) is 40.5 Å². The lowest BCUT2D eigenvalue weighted by Gasteiger charge is -2.13. The molecule has 0 saturated carbocycles. The number of anilines is 2. The molecular weight excluding hydrogens is 765 g/mol. The molecule has 0 unspecified atom stereocenters. The van der Waals surface area contributed by atoms with Crippen molar-refractivity contribution in [3.8, 4) is 0 Å². The van der Waals surface area contributed by atoms with E-state index in [1.54, 1.807) is 0 Å². The highest BCUT2D eigenvalue weighted by Gasteiger charge is 2.24. The molecule has 6 N–H and O–H groups in total. The first-order valence-corrected chi connectivity index (χ1v) is 20.1. The third-order valence-corrected chi connectivity index (χ3v) is 11.4. The lowest BCUT2D eigenvalue weighted by molar-refractivity contribution is 0.101. The Hall–Kier alpha value is -5.32. The number of fused-ring (bicyclic) bond motifs is 3. The molecule has 6 rings (SSSR count). The molecule has 0 atom stereocenters. The molecule has 0 spiro atoms. The third kappa shape index (κ3) is 7.22. The summed E-state index contributed by atoms with van der Waals surface area (Å²) in [6.07, 6.45) is 0. The molecule has 0 aliphatic carbocycles. The lowest BCUT2D eigenvalue weighted by atomic mass is 10.0. The quantitative estimate of drug-likeness (QED) is 0.115. The molecule has 2 amide bonds. The SMILES string of the molecule is O=C(Nc1cc(S(=O)(=O)O)c2cccc(S(=O)(=O)O)c2c1)c1ccc2ccc(C(=O)Nc3cc(S(=O)(=O)O)c4cccc(S(=O)(=O)O)c4c3)cc2c1. The molecule has 0 aliphatic rings. The molecule has 16 nitrogen and oxygen atoms in total. The van der Waals surface area contributed by atoms with E-state index < -0.39 is 71.9 Å². The molecule has 0 saturated heterocycles. The van der Waals surface area contributed by atoms with Crippen LogP contribution in [-0.4, -0.2) is 63.7 Å². The summed E-state index contributed by atoms with van der Waals surface area (Å²) in [5.41, 5.74) is -0.559. The summed E-state index contributed by atoms with van der Waals surface area (Å²) in [6.45, 7) is 0. The number of amides is 2. The second-order valence-corrected chi connectivity index (χ2v) is 16.8. The maximum Gasteiger partial charge on any atom is 0.295 e. The topological polar surface area (TPSA) is 276 Å². The average Bonchev–Trinajstić information content (AvgIpc) is 3.04. The monoisotopic (exact) mass is 786 g/mol. The van der Waals surface area contributed by atoms with Crippen LogP contribution < -0.4 is 10.6 Å². The van der Waals surface area contributed by atoms with Gasteiger partial charge >= 0.3 is 0 Å². The van der Waals surface area contributed by atoms with Crippen molar-refractivity contribution in [3.05, 3.63) is 108 Å². The van der Waals surface area contributed by atoms with E-state index in [2.05, 4.69) is 10.6 Å². The zero-order chi connectivity index (χ0) is 38.0. The average molecular weight is 787 g/mol. The second kappa shape index (κ2) is 12.7. The number of carbonyl (C=O) groups is 2. The smallest absolute Gasteiger partial charge is 0.295 e. The third-order valence-electron chi connectivity index (χ3n) is 7.83. The van der Waals surface area contributed by atoms with Gasteiger partial charge in [-0.1, -0.05) is 36.4 Å². The van der Waals surface area contributed by atoms with Crippen LogP contribution in [0.1, 0.15) is 20.7 Å². The first kappa shape index (κ1) is 36.5. The van der Waals surface area contributed by atoms with Crippen LogP contribution in [0.4, 0.5) is 11.4 Å². The molecule has 0 aromatic heterocycles. The van der Waals surface area contributed by atoms with Crippen molar-refractivity contribution < 1.29 is 61.5 Å². The molecular formula is C32H22N2O14S4. The first-order chi connectivity index (χ1) is 24.1. The number of nitrogens with one attached hydrogen (secondary N) is 2. The minimum Gasteiger partial charge on any atom is -0.322 e. The maximum absolute atomic E-state index is 13.3.